The van der Waals surface area contributed by atoms with Crippen LogP contribution in [0.25, 0.3) is 0 Å². The Labute approximate surface area is 162 Å². The van der Waals surface area contributed by atoms with Crippen molar-refractivity contribution in [3.05, 3.63) is 21.9 Å². The summed E-state index contributed by atoms with van der Waals surface area (Å²) >= 11 is 2.04. The number of thiophene rings is 1. The average molecular weight is 379 g/mol. The van der Waals surface area contributed by atoms with Crippen LogP contribution in [0.5, 0.6) is 0 Å². The first-order valence-electron chi connectivity index (χ1n) is 10.3. The number of carbonyl (C=O) groups is 1. The summed E-state index contributed by atoms with van der Waals surface area (Å²) in [5, 5.41) is 2.92. The van der Waals surface area contributed by atoms with E-state index in [2.05, 4.69) is 22.3 Å². The van der Waals surface area contributed by atoms with E-state index in [1.54, 1.807) is 12.0 Å². The smallest absolute Gasteiger partial charge is 0.220 e. The van der Waals surface area contributed by atoms with Gasteiger partial charge < -0.3 is 10.1 Å². The first-order valence-corrected chi connectivity index (χ1v) is 11.1. The van der Waals surface area contributed by atoms with Crippen LogP contribution in [0.2, 0.25) is 0 Å². The zero-order chi connectivity index (χ0) is 18.2. The zero-order valence-electron chi connectivity index (χ0n) is 16.2. The van der Waals surface area contributed by atoms with Crippen LogP contribution in [0.3, 0.4) is 0 Å². The Morgan fingerprint density at radius 1 is 1.23 bits per heavy atom. The largest absolute Gasteiger partial charge is 0.383 e. The van der Waals surface area contributed by atoms with E-state index in [4.69, 9.17) is 4.74 Å². The molecule has 1 aromatic heterocycles. The van der Waals surface area contributed by atoms with Crippen molar-refractivity contribution in [1.29, 1.82) is 0 Å². The minimum atomic E-state index is 0.169. The lowest BCUT2D eigenvalue weighted by atomic mass is 9.92. The fraction of sp³-hybridized carbons (Fsp3) is 0.762. The molecule has 1 saturated heterocycles. The maximum atomic E-state index is 11.8. The molecule has 1 saturated carbocycles. The molecule has 5 heteroatoms. The third-order valence-electron chi connectivity index (χ3n) is 5.93. The molecule has 0 spiro atoms. The van der Waals surface area contributed by atoms with Crippen molar-refractivity contribution >= 4 is 17.2 Å². The van der Waals surface area contributed by atoms with Crippen molar-refractivity contribution in [1.82, 2.24) is 10.2 Å². The second-order valence-electron chi connectivity index (χ2n) is 7.89. The van der Waals surface area contributed by atoms with Crippen LogP contribution < -0.4 is 5.32 Å². The molecule has 0 aromatic carbocycles. The van der Waals surface area contributed by atoms with Crippen molar-refractivity contribution in [2.45, 2.75) is 63.8 Å². The highest BCUT2D eigenvalue weighted by Crippen LogP contribution is 2.38. The number of methoxy groups -OCH3 is 1. The predicted molar refractivity (Wildman–Crippen MR) is 108 cm³/mol. The molecule has 26 heavy (non-hydrogen) atoms. The third kappa shape index (κ3) is 6.07. The van der Waals surface area contributed by atoms with Crippen LogP contribution >= 0.6 is 11.3 Å². The minimum Gasteiger partial charge on any atom is -0.383 e. The molecule has 4 nitrogen and oxygen atoms in total. The van der Waals surface area contributed by atoms with Crippen molar-refractivity contribution in [2.75, 3.05) is 33.4 Å². The number of likely N-dealkylation sites (tertiary alicyclic amines) is 1. The highest BCUT2D eigenvalue weighted by molar-refractivity contribution is 7.12. The quantitative estimate of drug-likeness (QED) is 0.656. The number of rotatable bonds is 9. The molecule has 0 atom stereocenters. The summed E-state index contributed by atoms with van der Waals surface area (Å²) in [4.78, 5) is 17.5. The standard InChI is InChI=1S/C21H34N2O2S/c1-25-15-12-22-21(24)9-6-17-10-13-23(14-11-17)16-19-7-8-20(26-19)18-4-2-3-5-18/h7-8,17-18H,2-6,9-16H2,1H3,(H,22,24). The fourth-order valence-electron chi connectivity index (χ4n) is 4.28. The molecule has 0 radical (unpaired) electrons. The first-order chi connectivity index (χ1) is 12.7. The Hall–Kier alpha value is -0.910. The van der Waals surface area contributed by atoms with E-state index in [-0.39, 0.29) is 5.91 Å². The SMILES string of the molecule is COCCNC(=O)CCC1CCN(Cc2ccc(C3CCCC3)s2)CC1. The van der Waals surface area contributed by atoms with Gasteiger partial charge in [-0.25, -0.2) is 0 Å². The van der Waals surface area contributed by atoms with Gasteiger partial charge in [0.05, 0.1) is 6.61 Å². The molecule has 0 unspecified atom stereocenters. The number of ether oxygens (including phenoxy) is 1. The number of hydrogen-bond donors (Lipinski definition) is 1. The van der Waals surface area contributed by atoms with Crippen molar-refractivity contribution < 1.29 is 9.53 Å². The number of hydrogen-bond acceptors (Lipinski definition) is 4. The molecule has 2 fully saturated rings. The minimum absolute atomic E-state index is 0.169. The molecule has 0 bridgehead atoms. The van der Waals surface area contributed by atoms with E-state index in [0.717, 1.165) is 18.9 Å². The van der Waals surface area contributed by atoms with Gasteiger partial charge in [-0.2, -0.15) is 0 Å². The number of carbonyl (C=O) groups excluding carboxylic acids is 1. The topological polar surface area (TPSA) is 41.6 Å². The summed E-state index contributed by atoms with van der Waals surface area (Å²) < 4.78 is 4.96. The van der Waals surface area contributed by atoms with Gasteiger partial charge in [0, 0.05) is 36.4 Å². The highest BCUT2D eigenvalue weighted by atomic mass is 32.1. The van der Waals surface area contributed by atoms with Crippen LogP contribution in [-0.4, -0.2) is 44.2 Å². The summed E-state index contributed by atoms with van der Waals surface area (Å²) in [6.07, 6.45) is 9.75. The van der Waals surface area contributed by atoms with Crippen LogP contribution in [-0.2, 0) is 16.1 Å². The Morgan fingerprint density at radius 2 is 2.00 bits per heavy atom. The van der Waals surface area contributed by atoms with E-state index in [9.17, 15) is 4.79 Å². The Morgan fingerprint density at radius 3 is 2.73 bits per heavy atom. The van der Waals surface area contributed by atoms with Crippen molar-refractivity contribution in [3.8, 4) is 0 Å². The maximum absolute atomic E-state index is 11.8. The van der Waals surface area contributed by atoms with Gasteiger partial charge in [-0.1, -0.05) is 12.8 Å². The lowest BCUT2D eigenvalue weighted by Crippen LogP contribution is -2.33. The predicted octanol–water partition coefficient (Wildman–Crippen LogP) is 4.16. The molecule has 146 valence electrons. The Bertz CT molecular complexity index is 546. The lowest BCUT2D eigenvalue weighted by molar-refractivity contribution is -0.121. The summed E-state index contributed by atoms with van der Waals surface area (Å²) in [6, 6.07) is 4.74. The number of nitrogens with zero attached hydrogens (tertiary/aromatic N) is 1. The Balaban J connectivity index is 1.33. The normalized spacial score (nSPS) is 19.9. The molecule has 1 aliphatic carbocycles. The van der Waals surface area contributed by atoms with Crippen LogP contribution in [0.4, 0.5) is 0 Å². The molecular weight excluding hydrogens is 344 g/mol. The van der Waals surface area contributed by atoms with Gasteiger partial charge in [-0.05, 0) is 69.2 Å². The maximum Gasteiger partial charge on any atom is 0.220 e. The summed E-state index contributed by atoms with van der Waals surface area (Å²) in [5.74, 6) is 1.72. The van der Waals surface area contributed by atoms with Crippen LogP contribution in [0, 0.1) is 5.92 Å². The van der Waals surface area contributed by atoms with Crippen LogP contribution in [0.1, 0.15) is 67.0 Å². The van der Waals surface area contributed by atoms with Gasteiger partial charge in [0.25, 0.3) is 0 Å². The van der Waals surface area contributed by atoms with E-state index >= 15 is 0 Å². The molecule has 2 aliphatic rings. The van der Waals surface area contributed by atoms with Gasteiger partial charge in [-0.3, -0.25) is 9.69 Å². The summed E-state index contributed by atoms with van der Waals surface area (Å²) in [6.45, 7) is 4.67. The van der Waals surface area contributed by atoms with Crippen molar-refractivity contribution in [2.24, 2.45) is 5.92 Å². The monoisotopic (exact) mass is 378 g/mol. The second-order valence-corrected chi connectivity index (χ2v) is 9.09. The second kappa shape index (κ2) is 10.4. The molecule has 1 amide bonds. The summed E-state index contributed by atoms with van der Waals surface area (Å²) in [7, 11) is 1.66. The zero-order valence-corrected chi connectivity index (χ0v) is 17.0. The van der Waals surface area contributed by atoms with Crippen LogP contribution in [0.15, 0.2) is 12.1 Å². The number of piperidine rings is 1. The fourth-order valence-corrected chi connectivity index (χ4v) is 5.50. The molecule has 2 heterocycles. The molecule has 1 aliphatic heterocycles. The van der Waals surface area contributed by atoms with Gasteiger partial charge in [0.1, 0.15) is 0 Å². The van der Waals surface area contributed by atoms with E-state index in [1.165, 1.54) is 56.5 Å². The van der Waals surface area contributed by atoms with Crippen molar-refractivity contribution in [3.63, 3.8) is 0 Å². The van der Waals surface area contributed by atoms with Gasteiger partial charge in [-0.15, -0.1) is 11.3 Å². The lowest BCUT2D eigenvalue weighted by Gasteiger charge is -2.31. The van der Waals surface area contributed by atoms with Gasteiger partial charge >= 0.3 is 0 Å². The van der Waals surface area contributed by atoms with E-state index < -0.39 is 0 Å². The summed E-state index contributed by atoms with van der Waals surface area (Å²) in [5.41, 5.74) is 0. The molecule has 1 N–H and O–H groups in total. The molecule has 1 aromatic rings. The number of amides is 1. The van der Waals surface area contributed by atoms with Gasteiger partial charge in [0.15, 0.2) is 0 Å². The first kappa shape index (κ1) is 19.8. The highest BCUT2D eigenvalue weighted by Gasteiger charge is 2.22. The van der Waals surface area contributed by atoms with E-state index in [1.807, 2.05) is 11.3 Å². The number of nitrogens with one attached hydrogen (secondary N) is 1. The Kier molecular flexibility index (Phi) is 7.96. The average Bonchev–Trinajstić information content (AvgIpc) is 3.33. The molecular formula is C21H34N2O2S. The van der Waals surface area contributed by atoms with Gasteiger partial charge in [0.2, 0.25) is 5.91 Å². The third-order valence-corrected chi connectivity index (χ3v) is 7.17. The van der Waals surface area contributed by atoms with E-state index in [0.29, 0.717) is 25.5 Å². The molecule has 3 rings (SSSR count).